The number of ether oxygens (including phenoxy) is 2. The Labute approximate surface area is 161 Å². The number of aryl methyl sites for hydroxylation is 1. The van der Waals surface area contributed by atoms with Crippen molar-refractivity contribution in [3.05, 3.63) is 89.5 Å². The lowest BCUT2D eigenvalue weighted by atomic mass is 10.0. The highest BCUT2D eigenvalue weighted by Gasteiger charge is 1.97. The lowest BCUT2D eigenvalue weighted by Gasteiger charge is -2.05. The Morgan fingerprint density at radius 2 is 1.19 bits per heavy atom. The third kappa shape index (κ3) is 5.74. The number of rotatable bonds is 6. The predicted molar refractivity (Wildman–Crippen MR) is 111 cm³/mol. The van der Waals surface area contributed by atoms with Crippen LogP contribution in [-0.2, 0) is 4.74 Å². The Hall–Kier alpha value is -3.02. The molecule has 0 aliphatic rings. The molecule has 0 aliphatic heterocycles. The summed E-state index contributed by atoms with van der Waals surface area (Å²) in [6.45, 7) is 5.96. The van der Waals surface area contributed by atoms with Crippen LogP contribution >= 0.6 is 0 Å². The number of hydrogen-bond acceptors (Lipinski definition) is 2. The molecule has 136 valence electrons. The van der Waals surface area contributed by atoms with E-state index >= 15 is 0 Å². The van der Waals surface area contributed by atoms with Crippen molar-refractivity contribution in [1.82, 2.24) is 0 Å². The summed E-state index contributed by atoms with van der Waals surface area (Å²) in [4.78, 5) is 0. The first kappa shape index (κ1) is 18.8. The van der Waals surface area contributed by atoms with E-state index in [1.807, 2.05) is 31.2 Å². The minimum Gasteiger partial charge on any atom is -0.491 e. The van der Waals surface area contributed by atoms with Crippen molar-refractivity contribution in [2.24, 2.45) is 0 Å². The first-order valence-corrected chi connectivity index (χ1v) is 9.24. The Balaban J connectivity index is 1.61. The molecule has 3 aromatic rings. The largest absolute Gasteiger partial charge is 0.491 e. The van der Waals surface area contributed by atoms with Gasteiger partial charge in [0.25, 0.3) is 0 Å². The van der Waals surface area contributed by atoms with E-state index in [0.29, 0.717) is 19.8 Å². The van der Waals surface area contributed by atoms with E-state index in [1.54, 1.807) is 0 Å². The normalized spacial score (nSPS) is 10.1. The van der Waals surface area contributed by atoms with Crippen molar-refractivity contribution >= 4 is 0 Å². The average Bonchev–Trinajstić information content (AvgIpc) is 2.72. The molecular formula is C25H24O2. The fourth-order valence-electron chi connectivity index (χ4n) is 2.63. The van der Waals surface area contributed by atoms with Crippen LogP contribution in [0.3, 0.4) is 0 Å². The summed E-state index contributed by atoms with van der Waals surface area (Å²) >= 11 is 0. The van der Waals surface area contributed by atoms with E-state index in [-0.39, 0.29) is 0 Å². The number of benzene rings is 3. The van der Waals surface area contributed by atoms with Crippen molar-refractivity contribution in [3.63, 3.8) is 0 Å². The molecule has 3 aromatic carbocycles. The lowest BCUT2D eigenvalue weighted by molar-refractivity contribution is 0.110. The second kappa shape index (κ2) is 9.62. The standard InChI is InChI=1S/C25H24O2/c1-3-26-18-19-27-25-16-10-22(11-17-25)7-6-21-8-14-24(15-9-21)23-12-4-20(2)5-13-23/h4-5,8-17H,3,18-19H2,1-2H3. The van der Waals surface area contributed by atoms with Gasteiger partial charge in [-0.2, -0.15) is 0 Å². The van der Waals surface area contributed by atoms with Gasteiger partial charge in [0.15, 0.2) is 0 Å². The molecule has 0 spiro atoms. The van der Waals surface area contributed by atoms with Gasteiger partial charge in [0.05, 0.1) is 6.61 Å². The highest BCUT2D eigenvalue weighted by molar-refractivity contribution is 5.64. The van der Waals surface area contributed by atoms with E-state index in [0.717, 1.165) is 16.9 Å². The molecule has 0 saturated carbocycles. The molecule has 2 nitrogen and oxygen atoms in total. The second-order valence-corrected chi connectivity index (χ2v) is 6.26. The molecule has 2 heteroatoms. The molecule has 0 atom stereocenters. The van der Waals surface area contributed by atoms with Crippen molar-refractivity contribution in [2.75, 3.05) is 19.8 Å². The Morgan fingerprint density at radius 3 is 1.74 bits per heavy atom. The highest BCUT2D eigenvalue weighted by Crippen LogP contribution is 2.20. The van der Waals surface area contributed by atoms with Gasteiger partial charge >= 0.3 is 0 Å². The zero-order valence-electron chi connectivity index (χ0n) is 15.9. The van der Waals surface area contributed by atoms with Crippen LogP contribution in [0.15, 0.2) is 72.8 Å². The fraction of sp³-hybridized carbons (Fsp3) is 0.200. The first-order chi connectivity index (χ1) is 13.2. The summed E-state index contributed by atoms with van der Waals surface area (Å²) in [7, 11) is 0. The maximum atomic E-state index is 5.62. The van der Waals surface area contributed by atoms with Crippen molar-refractivity contribution in [1.29, 1.82) is 0 Å². The molecule has 0 amide bonds. The molecule has 3 rings (SSSR count). The van der Waals surface area contributed by atoms with Gasteiger partial charge in [0, 0.05) is 17.7 Å². The Bertz CT molecular complexity index is 896. The zero-order valence-corrected chi connectivity index (χ0v) is 15.9. The van der Waals surface area contributed by atoms with Crippen LogP contribution in [0.1, 0.15) is 23.6 Å². The smallest absolute Gasteiger partial charge is 0.119 e. The van der Waals surface area contributed by atoms with Gasteiger partial charge in [-0.3, -0.25) is 0 Å². The van der Waals surface area contributed by atoms with Gasteiger partial charge in [-0.1, -0.05) is 53.8 Å². The third-order valence-electron chi connectivity index (χ3n) is 4.18. The molecule has 0 N–H and O–H groups in total. The van der Waals surface area contributed by atoms with Crippen LogP contribution in [0, 0.1) is 18.8 Å². The summed E-state index contributed by atoms with van der Waals surface area (Å²) in [5, 5.41) is 0. The highest BCUT2D eigenvalue weighted by atomic mass is 16.5. The van der Waals surface area contributed by atoms with Crippen LogP contribution in [0.5, 0.6) is 5.75 Å². The molecule has 0 unspecified atom stereocenters. The van der Waals surface area contributed by atoms with Gasteiger partial charge in [0.1, 0.15) is 12.4 Å². The monoisotopic (exact) mass is 356 g/mol. The van der Waals surface area contributed by atoms with E-state index in [1.165, 1.54) is 16.7 Å². The average molecular weight is 356 g/mol. The summed E-state index contributed by atoms with van der Waals surface area (Å²) in [5.74, 6) is 7.25. The summed E-state index contributed by atoms with van der Waals surface area (Å²) in [6.07, 6.45) is 0. The molecule has 0 radical (unpaired) electrons. The molecule has 0 saturated heterocycles. The van der Waals surface area contributed by atoms with Crippen LogP contribution < -0.4 is 4.74 Å². The third-order valence-corrected chi connectivity index (χ3v) is 4.18. The molecule has 27 heavy (non-hydrogen) atoms. The second-order valence-electron chi connectivity index (χ2n) is 6.26. The van der Waals surface area contributed by atoms with Crippen LogP contribution in [-0.4, -0.2) is 19.8 Å². The first-order valence-electron chi connectivity index (χ1n) is 9.24. The Kier molecular flexibility index (Phi) is 6.68. The van der Waals surface area contributed by atoms with Crippen LogP contribution in [0.4, 0.5) is 0 Å². The van der Waals surface area contributed by atoms with Gasteiger partial charge in [-0.05, 0) is 61.4 Å². The van der Waals surface area contributed by atoms with Crippen LogP contribution in [0.2, 0.25) is 0 Å². The molecule has 0 bridgehead atoms. The molecular weight excluding hydrogens is 332 g/mol. The van der Waals surface area contributed by atoms with E-state index in [4.69, 9.17) is 9.47 Å². The summed E-state index contributed by atoms with van der Waals surface area (Å²) in [6, 6.07) is 24.7. The summed E-state index contributed by atoms with van der Waals surface area (Å²) in [5.41, 5.74) is 5.67. The minimum absolute atomic E-state index is 0.562. The van der Waals surface area contributed by atoms with Crippen molar-refractivity contribution < 1.29 is 9.47 Å². The fourth-order valence-corrected chi connectivity index (χ4v) is 2.63. The molecule has 0 heterocycles. The van der Waals surface area contributed by atoms with Crippen LogP contribution in [0.25, 0.3) is 11.1 Å². The summed E-state index contributed by atoms with van der Waals surface area (Å²) < 4.78 is 10.9. The minimum atomic E-state index is 0.562. The topological polar surface area (TPSA) is 18.5 Å². The SMILES string of the molecule is CCOCCOc1ccc(C#Cc2ccc(-c3ccc(C)cc3)cc2)cc1. The van der Waals surface area contributed by atoms with Gasteiger partial charge in [0.2, 0.25) is 0 Å². The van der Waals surface area contributed by atoms with Crippen molar-refractivity contribution in [3.8, 4) is 28.7 Å². The van der Waals surface area contributed by atoms with E-state index in [9.17, 15) is 0 Å². The lowest BCUT2D eigenvalue weighted by Crippen LogP contribution is -2.06. The molecule has 0 fully saturated rings. The van der Waals surface area contributed by atoms with Gasteiger partial charge in [-0.15, -0.1) is 0 Å². The zero-order chi connectivity index (χ0) is 18.9. The van der Waals surface area contributed by atoms with Gasteiger partial charge in [-0.25, -0.2) is 0 Å². The Morgan fingerprint density at radius 1 is 0.667 bits per heavy atom. The van der Waals surface area contributed by atoms with Gasteiger partial charge < -0.3 is 9.47 Å². The predicted octanol–water partition coefficient (Wildman–Crippen LogP) is 5.48. The maximum Gasteiger partial charge on any atom is 0.119 e. The molecule has 0 aromatic heterocycles. The quantitative estimate of drug-likeness (QED) is 0.430. The van der Waals surface area contributed by atoms with E-state index < -0.39 is 0 Å². The number of hydrogen-bond donors (Lipinski definition) is 0. The molecule has 0 aliphatic carbocycles. The maximum absolute atomic E-state index is 5.62. The van der Waals surface area contributed by atoms with E-state index in [2.05, 4.69) is 67.3 Å². The van der Waals surface area contributed by atoms with Crippen molar-refractivity contribution in [2.45, 2.75) is 13.8 Å².